The maximum absolute atomic E-state index is 5.99. The highest BCUT2D eigenvalue weighted by Crippen LogP contribution is 2.39. The van der Waals surface area contributed by atoms with Gasteiger partial charge in [0, 0.05) is 5.92 Å². The average Bonchev–Trinajstić information content (AvgIpc) is 2.84. The lowest BCUT2D eigenvalue weighted by molar-refractivity contribution is 0.404. The smallest absolute Gasteiger partial charge is 0.147 e. The van der Waals surface area contributed by atoms with Crippen LogP contribution in [-0.4, -0.2) is 5.16 Å². The van der Waals surface area contributed by atoms with Crippen LogP contribution in [0.15, 0.2) is 29.0 Å². The molecular weight excluding hydrogens is 248 g/mol. The number of nitrogens with zero attached hydrogens (tertiary/aromatic N) is 1. The van der Waals surface area contributed by atoms with Crippen molar-refractivity contribution in [3.63, 3.8) is 0 Å². The molecule has 1 aromatic carbocycles. The Balaban J connectivity index is 2.03. The highest BCUT2D eigenvalue weighted by molar-refractivity contribution is 5.49. The molecule has 1 aliphatic carbocycles. The van der Waals surface area contributed by atoms with Crippen LogP contribution in [0.3, 0.4) is 0 Å². The molecule has 3 nitrogen and oxygen atoms in total. The standard InChI is InChI=1S/C17H22N2O/c1-11(2)9-12-5-3-7-14-13(12)6-4-8-15(14)17-16(18)10-20-19-17/h3,5,7,10-11,15H,4,6,8-9,18H2,1-2H3. The van der Waals surface area contributed by atoms with Gasteiger partial charge < -0.3 is 10.3 Å². The third-order valence-electron chi connectivity index (χ3n) is 4.19. The molecule has 0 fully saturated rings. The van der Waals surface area contributed by atoms with E-state index in [4.69, 9.17) is 10.3 Å². The molecule has 20 heavy (non-hydrogen) atoms. The van der Waals surface area contributed by atoms with Crippen LogP contribution in [0.5, 0.6) is 0 Å². The predicted molar refractivity (Wildman–Crippen MR) is 80.7 cm³/mol. The van der Waals surface area contributed by atoms with Crippen LogP contribution < -0.4 is 5.73 Å². The number of hydrogen-bond donors (Lipinski definition) is 1. The van der Waals surface area contributed by atoms with E-state index in [0.717, 1.165) is 18.5 Å². The summed E-state index contributed by atoms with van der Waals surface area (Å²) in [5, 5.41) is 4.13. The summed E-state index contributed by atoms with van der Waals surface area (Å²) in [6.45, 7) is 4.55. The predicted octanol–water partition coefficient (Wildman–Crippen LogP) is 3.92. The molecule has 0 radical (unpaired) electrons. The molecule has 0 bridgehead atoms. The number of fused-ring (bicyclic) bond motifs is 1. The molecule has 0 saturated carbocycles. The number of aromatic nitrogens is 1. The molecule has 1 atom stereocenters. The molecule has 0 saturated heterocycles. The summed E-state index contributed by atoms with van der Waals surface area (Å²) in [7, 11) is 0. The van der Waals surface area contributed by atoms with Gasteiger partial charge in [-0.15, -0.1) is 0 Å². The van der Waals surface area contributed by atoms with Gasteiger partial charge in [0.15, 0.2) is 0 Å². The second-order valence-corrected chi connectivity index (χ2v) is 6.18. The first kappa shape index (κ1) is 13.2. The van der Waals surface area contributed by atoms with Crippen molar-refractivity contribution in [2.24, 2.45) is 5.92 Å². The van der Waals surface area contributed by atoms with Crippen LogP contribution in [0.1, 0.15) is 55.0 Å². The Morgan fingerprint density at radius 3 is 2.95 bits per heavy atom. The van der Waals surface area contributed by atoms with Gasteiger partial charge in [-0.1, -0.05) is 37.2 Å². The van der Waals surface area contributed by atoms with Gasteiger partial charge in [-0.2, -0.15) is 0 Å². The van der Waals surface area contributed by atoms with Crippen molar-refractivity contribution in [1.29, 1.82) is 0 Å². The van der Waals surface area contributed by atoms with Gasteiger partial charge in [0.1, 0.15) is 12.0 Å². The van der Waals surface area contributed by atoms with Gasteiger partial charge in [-0.3, -0.25) is 0 Å². The number of nitrogen functional groups attached to an aromatic ring is 1. The lowest BCUT2D eigenvalue weighted by Gasteiger charge is -2.27. The summed E-state index contributed by atoms with van der Waals surface area (Å²) in [6, 6.07) is 6.68. The lowest BCUT2D eigenvalue weighted by Crippen LogP contribution is -2.15. The number of nitrogens with two attached hydrogens (primary N) is 1. The molecule has 2 aromatic rings. The second-order valence-electron chi connectivity index (χ2n) is 6.18. The molecule has 1 heterocycles. The maximum Gasteiger partial charge on any atom is 0.147 e. The topological polar surface area (TPSA) is 52.0 Å². The minimum absolute atomic E-state index is 0.296. The maximum atomic E-state index is 5.99. The fraction of sp³-hybridized carbons (Fsp3) is 0.471. The van der Waals surface area contributed by atoms with E-state index in [1.54, 1.807) is 6.26 Å². The van der Waals surface area contributed by atoms with Crippen LogP contribution in [0.4, 0.5) is 5.69 Å². The zero-order valence-corrected chi connectivity index (χ0v) is 12.2. The van der Waals surface area contributed by atoms with Crippen molar-refractivity contribution in [3.05, 3.63) is 46.8 Å². The van der Waals surface area contributed by atoms with E-state index < -0.39 is 0 Å². The van der Waals surface area contributed by atoms with Crippen molar-refractivity contribution in [1.82, 2.24) is 5.16 Å². The van der Waals surface area contributed by atoms with Crippen molar-refractivity contribution < 1.29 is 4.52 Å². The van der Waals surface area contributed by atoms with Crippen LogP contribution in [0.2, 0.25) is 0 Å². The van der Waals surface area contributed by atoms with Gasteiger partial charge in [0.05, 0.1) is 5.69 Å². The number of rotatable bonds is 3. The van der Waals surface area contributed by atoms with Gasteiger partial charge in [-0.05, 0) is 48.3 Å². The Bertz CT molecular complexity index is 601. The quantitative estimate of drug-likeness (QED) is 0.919. The first-order valence-electron chi connectivity index (χ1n) is 7.47. The van der Waals surface area contributed by atoms with Crippen LogP contribution in [-0.2, 0) is 12.8 Å². The van der Waals surface area contributed by atoms with E-state index in [-0.39, 0.29) is 0 Å². The molecule has 3 heteroatoms. The Hall–Kier alpha value is -1.77. The summed E-state index contributed by atoms with van der Waals surface area (Å²) in [5.41, 5.74) is 12.0. The zero-order valence-electron chi connectivity index (χ0n) is 12.2. The second kappa shape index (κ2) is 5.31. The van der Waals surface area contributed by atoms with Crippen LogP contribution in [0, 0.1) is 5.92 Å². The van der Waals surface area contributed by atoms with Crippen LogP contribution in [0.25, 0.3) is 0 Å². The van der Waals surface area contributed by atoms with E-state index in [2.05, 4.69) is 37.2 Å². The molecule has 2 N–H and O–H groups in total. The molecule has 1 unspecified atom stereocenters. The summed E-state index contributed by atoms with van der Waals surface area (Å²) >= 11 is 0. The van der Waals surface area contributed by atoms with Crippen molar-refractivity contribution >= 4 is 5.69 Å². The molecule has 0 spiro atoms. The SMILES string of the molecule is CC(C)Cc1cccc2c1CCCC2c1nocc1N. The fourth-order valence-corrected chi connectivity index (χ4v) is 3.36. The van der Waals surface area contributed by atoms with E-state index in [0.29, 0.717) is 17.5 Å². The Morgan fingerprint density at radius 1 is 1.40 bits per heavy atom. The first-order chi connectivity index (χ1) is 9.66. The molecular formula is C17H22N2O. The minimum atomic E-state index is 0.296. The summed E-state index contributed by atoms with van der Waals surface area (Å²) in [5.74, 6) is 0.976. The third-order valence-corrected chi connectivity index (χ3v) is 4.19. The normalized spacial score (nSPS) is 18.2. The monoisotopic (exact) mass is 270 g/mol. The van der Waals surface area contributed by atoms with Crippen LogP contribution >= 0.6 is 0 Å². The molecule has 0 amide bonds. The number of hydrogen-bond acceptors (Lipinski definition) is 3. The summed E-state index contributed by atoms with van der Waals surface area (Å²) in [4.78, 5) is 0. The van der Waals surface area contributed by atoms with Gasteiger partial charge in [0.2, 0.25) is 0 Å². The first-order valence-corrected chi connectivity index (χ1v) is 7.47. The van der Waals surface area contributed by atoms with Crippen molar-refractivity contribution in [2.75, 3.05) is 5.73 Å². The molecule has 106 valence electrons. The minimum Gasteiger partial charge on any atom is -0.395 e. The van der Waals surface area contributed by atoms with Gasteiger partial charge >= 0.3 is 0 Å². The summed E-state index contributed by atoms with van der Waals surface area (Å²) in [6.07, 6.45) is 6.16. The highest BCUT2D eigenvalue weighted by atomic mass is 16.5. The molecule has 1 aliphatic rings. The van der Waals surface area contributed by atoms with Gasteiger partial charge in [0.25, 0.3) is 0 Å². The van der Waals surface area contributed by atoms with Gasteiger partial charge in [-0.25, -0.2) is 0 Å². The molecule has 3 rings (SSSR count). The lowest BCUT2D eigenvalue weighted by atomic mass is 9.78. The summed E-state index contributed by atoms with van der Waals surface area (Å²) < 4.78 is 5.03. The average molecular weight is 270 g/mol. The number of benzene rings is 1. The van der Waals surface area contributed by atoms with E-state index >= 15 is 0 Å². The Labute approximate surface area is 120 Å². The third kappa shape index (κ3) is 2.33. The Kier molecular flexibility index (Phi) is 3.51. The zero-order chi connectivity index (χ0) is 14.1. The molecule has 0 aliphatic heterocycles. The van der Waals surface area contributed by atoms with Crippen molar-refractivity contribution in [2.45, 2.75) is 45.4 Å². The Morgan fingerprint density at radius 2 is 2.25 bits per heavy atom. The van der Waals surface area contributed by atoms with E-state index in [9.17, 15) is 0 Å². The largest absolute Gasteiger partial charge is 0.395 e. The van der Waals surface area contributed by atoms with E-state index in [1.807, 2.05) is 0 Å². The van der Waals surface area contributed by atoms with E-state index in [1.165, 1.54) is 29.5 Å². The fourth-order valence-electron chi connectivity index (χ4n) is 3.36. The highest BCUT2D eigenvalue weighted by Gasteiger charge is 2.27. The number of anilines is 1. The molecule has 1 aromatic heterocycles. The van der Waals surface area contributed by atoms with Crippen molar-refractivity contribution in [3.8, 4) is 0 Å².